The minimum Gasteiger partial charge on any atom is -0.475 e. The summed E-state index contributed by atoms with van der Waals surface area (Å²) in [6.07, 6.45) is 2.29. The quantitative estimate of drug-likeness (QED) is 0.792. The highest BCUT2D eigenvalue weighted by molar-refractivity contribution is 5.14. The number of aromatic nitrogens is 2. The normalized spacial score (nSPS) is 15.9. The van der Waals surface area contributed by atoms with E-state index in [2.05, 4.69) is 9.97 Å². The van der Waals surface area contributed by atoms with Crippen LogP contribution in [0.3, 0.4) is 0 Å². The van der Waals surface area contributed by atoms with Crippen molar-refractivity contribution in [2.24, 2.45) is 0 Å². The Bertz CT molecular complexity index is 380. The van der Waals surface area contributed by atoms with E-state index in [-0.39, 0.29) is 11.7 Å². The van der Waals surface area contributed by atoms with Gasteiger partial charge in [0.15, 0.2) is 0 Å². The first-order chi connectivity index (χ1) is 6.65. The summed E-state index contributed by atoms with van der Waals surface area (Å²) < 4.78 is 5.38. The zero-order chi connectivity index (χ0) is 10.1. The number of H-pyrrole nitrogens is 1. The molecule has 76 valence electrons. The molecular weight excluding hydrogens is 180 g/mol. The minimum atomic E-state index is -0.127. The molecule has 1 aliphatic rings. The average molecular weight is 194 g/mol. The van der Waals surface area contributed by atoms with Gasteiger partial charge in [0.05, 0.1) is 12.2 Å². The zero-order valence-corrected chi connectivity index (χ0v) is 8.41. The Kier molecular flexibility index (Phi) is 2.27. The summed E-state index contributed by atoms with van der Waals surface area (Å²) in [5, 5.41) is 0. The first kappa shape index (κ1) is 9.24. The number of rotatable bonds is 3. The van der Waals surface area contributed by atoms with Gasteiger partial charge in [0.1, 0.15) is 5.82 Å². The molecule has 0 saturated heterocycles. The van der Waals surface area contributed by atoms with Gasteiger partial charge in [0.25, 0.3) is 5.56 Å². The van der Waals surface area contributed by atoms with Gasteiger partial charge in [-0.3, -0.25) is 4.79 Å². The van der Waals surface area contributed by atoms with Crippen LogP contribution < -0.4 is 10.3 Å². The third kappa shape index (κ3) is 2.13. The Labute approximate surface area is 82.3 Å². The van der Waals surface area contributed by atoms with Crippen molar-refractivity contribution < 1.29 is 4.74 Å². The van der Waals surface area contributed by atoms with Crippen molar-refractivity contribution in [3.05, 3.63) is 22.2 Å². The van der Waals surface area contributed by atoms with Crippen molar-refractivity contribution >= 4 is 0 Å². The second-order valence-electron chi connectivity index (χ2n) is 3.91. The fraction of sp³-hybridized carbons (Fsp3) is 0.600. The molecule has 4 nitrogen and oxygen atoms in total. The molecule has 1 aromatic rings. The maximum atomic E-state index is 11.2. The van der Waals surface area contributed by atoms with Crippen LogP contribution in [0.15, 0.2) is 10.9 Å². The number of ether oxygens (including phenoxy) is 1. The van der Waals surface area contributed by atoms with Gasteiger partial charge in [0, 0.05) is 5.92 Å². The number of hydrogen-bond acceptors (Lipinski definition) is 3. The van der Waals surface area contributed by atoms with Crippen molar-refractivity contribution in [1.82, 2.24) is 9.97 Å². The van der Waals surface area contributed by atoms with Gasteiger partial charge in [-0.15, -0.1) is 0 Å². The first-order valence-corrected chi connectivity index (χ1v) is 4.93. The van der Waals surface area contributed by atoms with E-state index >= 15 is 0 Å². The molecule has 1 aliphatic carbocycles. The summed E-state index contributed by atoms with van der Waals surface area (Å²) in [5.74, 6) is 1.65. The maximum absolute atomic E-state index is 11.2. The van der Waals surface area contributed by atoms with E-state index in [1.807, 2.05) is 13.8 Å². The van der Waals surface area contributed by atoms with Gasteiger partial charge in [-0.25, -0.2) is 0 Å². The molecule has 1 fully saturated rings. The topological polar surface area (TPSA) is 55.0 Å². The molecule has 0 aromatic carbocycles. The second-order valence-corrected chi connectivity index (χ2v) is 3.91. The lowest BCUT2D eigenvalue weighted by Gasteiger charge is -2.08. The summed E-state index contributed by atoms with van der Waals surface area (Å²) in [5.41, 5.74) is -0.127. The summed E-state index contributed by atoms with van der Waals surface area (Å²) in [6.45, 7) is 3.83. The lowest BCUT2D eigenvalue weighted by Crippen LogP contribution is -2.14. The van der Waals surface area contributed by atoms with E-state index in [4.69, 9.17) is 4.74 Å². The van der Waals surface area contributed by atoms with Crippen LogP contribution in [-0.4, -0.2) is 16.1 Å². The standard InChI is InChI=1S/C10H14N2O2/c1-6(2)14-9-5-8(13)11-10(12-9)7-3-4-7/h5-7H,3-4H2,1-2H3,(H,11,12,13). The van der Waals surface area contributed by atoms with Gasteiger partial charge < -0.3 is 9.72 Å². The SMILES string of the molecule is CC(C)Oc1cc(=O)[nH]c(C2CC2)n1. The Morgan fingerprint density at radius 2 is 2.29 bits per heavy atom. The molecule has 0 radical (unpaired) electrons. The molecule has 0 amide bonds. The summed E-state index contributed by atoms with van der Waals surface area (Å²) >= 11 is 0. The third-order valence-corrected chi connectivity index (χ3v) is 2.06. The molecule has 1 aromatic heterocycles. The molecule has 0 aliphatic heterocycles. The van der Waals surface area contributed by atoms with Gasteiger partial charge >= 0.3 is 0 Å². The Morgan fingerprint density at radius 3 is 2.86 bits per heavy atom. The highest BCUT2D eigenvalue weighted by Crippen LogP contribution is 2.37. The van der Waals surface area contributed by atoms with Crippen LogP contribution in [0.2, 0.25) is 0 Å². The van der Waals surface area contributed by atoms with Crippen molar-refractivity contribution in [3.63, 3.8) is 0 Å². The Hall–Kier alpha value is -1.32. The van der Waals surface area contributed by atoms with Crippen LogP contribution in [0.25, 0.3) is 0 Å². The lowest BCUT2D eigenvalue weighted by molar-refractivity contribution is 0.231. The Morgan fingerprint density at radius 1 is 1.57 bits per heavy atom. The average Bonchev–Trinajstić information content (AvgIpc) is 2.82. The highest BCUT2D eigenvalue weighted by Gasteiger charge is 2.26. The summed E-state index contributed by atoms with van der Waals surface area (Å²) in [6, 6.07) is 1.39. The molecule has 0 spiro atoms. The molecule has 1 heterocycles. The van der Waals surface area contributed by atoms with E-state index < -0.39 is 0 Å². The largest absolute Gasteiger partial charge is 0.475 e. The van der Waals surface area contributed by atoms with Gasteiger partial charge in [-0.2, -0.15) is 4.98 Å². The van der Waals surface area contributed by atoms with E-state index in [0.717, 1.165) is 18.7 Å². The molecule has 0 atom stereocenters. The predicted molar refractivity (Wildman–Crippen MR) is 52.6 cm³/mol. The van der Waals surface area contributed by atoms with Crippen molar-refractivity contribution in [1.29, 1.82) is 0 Å². The monoisotopic (exact) mass is 194 g/mol. The second kappa shape index (κ2) is 3.44. The van der Waals surface area contributed by atoms with Crippen LogP contribution in [0.4, 0.5) is 0 Å². The smallest absolute Gasteiger partial charge is 0.254 e. The number of nitrogens with zero attached hydrogens (tertiary/aromatic N) is 1. The third-order valence-electron chi connectivity index (χ3n) is 2.06. The molecule has 0 unspecified atom stereocenters. The molecule has 4 heteroatoms. The highest BCUT2D eigenvalue weighted by atomic mass is 16.5. The molecular formula is C10H14N2O2. The van der Waals surface area contributed by atoms with Crippen LogP contribution in [0, 0.1) is 0 Å². The number of aromatic amines is 1. The molecule has 14 heavy (non-hydrogen) atoms. The van der Waals surface area contributed by atoms with Gasteiger partial charge in [-0.05, 0) is 26.7 Å². The number of nitrogens with one attached hydrogen (secondary N) is 1. The van der Waals surface area contributed by atoms with E-state index in [1.54, 1.807) is 0 Å². The van der Waals surface area contributed by atoms with Gasteiger partial charge in [-0.1, -0.05) is 0 Å². The van der Waals surface area contributed by atoms with Crippen molar-refractivity contribution in [2.45, 2.75) is 38.7 Å². The first-order valence-electron chi connectivity index (χ1n) is 4.93. The van der Waals surface area contributed by atoms with Crippen molar-refractivity contribution in [2.75, 3.05) is 0 Å². The fourth-order valence-corrected chi connectivity index (χ4v) is 1.31. The molecule has 1 saturated carbocycles. The van der Waals surface area contributed by atoms with Crippen LogP contribution in [0.1, 0.15) is 38.4 Å². The van der Waals surface area contributed by atoms with Crippen molar-refractivity contribution in [3.8, 4) is 5.88 Å². The van der Waals surface area contributed by atoms with Crippen LogP contribution in [-0.2, 0) is 0 Å². The zero-order valence-electron chi connectivity index (χ0n) is 8.41. The summed E-state index contributed by atoms with van der Waals surface area (Å²) in [4.78, 5) is 18.2. The van der Waals surface area contributed by atoms with E-state index in [0.29, 0.717) is 11.8 Å². The fourth-order valence-electron chi connectivity index (χ4n) is 1.31. The van der Waals surface area contributed by atoms with Crippen LogP contribution >= 0.6 is 0 Å². The predicted octanol–water partition coefficient (Wildman–Crippen LogP) is 1.43. The maximum Gasteiger partial charge on any atom is 0.254 e. The van der Waals surface area contributed by atoms with Crippen LogP contribution in [0.5, 0.6) is 5.88 Å². The Balaban J connectivity index is 2.26. The van der Waals surface area contributed by atoms with E-state index in [1.165, 1.54) is 6.07 Å². The molecule has 2 rings (SSSR count). The molecule has 1 N–H and O–H groups in total. The van der Waals surface area contributed by atoms with Gasteiger partial charge in [0.2, 0.25) is 5.88 Å². The number of hydrogen-bond donors (Lipinski definition) is 1. The lowest BCUT2D eigenvalue weighted by atomic mass is 10.4. The summed E-state index contributed by atoms with van der Waals surface area (Å²) in [7, 11) is 0. The molecule has 0 bridgehead atoms. The van der Waals surface area contributed by atoms with E-state index in [9.17, 15) is 4.79 Å². The minimum absolute atomic E-state index is 0.0522.